The van der Waals surface area contributed by atoms with Crippen LogP contribution >= 0.6 is 11.6 Å². The molecule has 0 unspecified atom stereocenters. The molecule has 5 rings (SSSR count). The number of benzene rings is 3. The minimum atomic E-state index is 0.265. The highest BCUT2D eigenvalue weighted by molar-refractivity contribution is 6.30. The van der Waals surface area contributed by atoms with Crippen LogP contribution in [0.15, 0.2) is 78.9 Å². The minimum Gasteiger partial charge on any atom is -0.508 e. The summed E-state index contributed by atoms with van der Waals surface area (Å²) in [6.07, 6.45) is 0.852. The van der Waals surface area contributed by atoms with Gasteiger partial charge in [0, 0.05) is 22.6 Å². The molecule has 0 saturated heterocycles. The van der Waals surface area contributed by atoms with Crippen LogP contribution in [0.1, 0.15) is 11.1 Å². The highest BCUT2D eigenvalue weighted by atomic mass is 35.5. The number of halogens is 1. The Bertz CT molecular complexity index is 1170. The van der Waals surface area contributed by atoms with E-state index in [0.717, 1.165) is 34.5 Å². The van der Waals surface area contributed by atoms with Crippen molar-refractivity contribution in [3.05, 3.63) is 95.0 Å². The number of fused-ring (bicyclic) bond motifs is 3. The number of rotatable bonds is 2. The van der Waals surface area contributed by atoms with Crippen LogP contribution in [0.4, 0.5) is 0 Å². The van der Waals surface area contributed by atoms with Crippen molar-refractivity contribution < 1.29 is 5.11 Å². The van der Waals surface area contributed by atoms with Gasteiger partial charge in [-0.25, -0.2) is 4.98 Å². The van der Waals surface area contributed by atoms with Gasteiger partial charge in [0.25, 0.3) is 0 Å². The SMILES string of the molecule is Oc1cccc(-c2cc(-c3ccc(Cl)cc3)nc3c2Cc2ccccc2-3)c1. The number of aromatic hydroxyl groups is 1. The van der Waals surface area contributed by atoms with E-state index in [0.29, 0.717) is 5.02 Å². The van der Waals surface area contributed by atoms with Crippen molar-refractivity contribution in [3.63, 3.8) is 0 Å². The molecule has 0 fully saturated rings. The van der Waals surface area contributed by atoms with Gasteiger partial charge in [0.2, 0.25) is 0 Å². The lowest BCUT2D eigenvalue weighted by Crippen LogP contribution is -1.94. The summed E-state index contributed by atoms with van der Waals surface area (Å²) in [6, 6.07) is 25.7. The standard InChI is InChI=1S/C24H16ClNO/c25-18-10-8-15(9-11-18)23-14-21(16-5-3-6-19(27)12-16)22-13-17-4-1-2-7-20(17)24(22)26-23/h1-12,14,27H,13H2. The second-order valence-corrected chi connectivity index (χ2v) is 7.21. The van der Waals surface area contributed by atoms with E-state index in [4.69, 9.17) is 16.6 Å². The average Bonchev–Trinajstić information content (AvgIpc) is 3.06. The number of phenolic OH excluding ortho intramolecular Hbond substituents is 1. The molecule has 1 heterocycles. The fourth-order valence-electron chi connectivity index (χ4n) is 3.77. The van der Waals surface area contributed by atoms with E-state index >= 15 is 0 Å². The summed E-state index contributed by atoms with van der Waals surface area (Å²) in [7, 11) is 0. The highest BCUT2D eigenvalue weighted by Gasteiger charge is 2.24. The number of aromatic nitrogens is 1. The van der Waals surface area contributed by atoms with Gasteiger partial charge in [-0.15, -0.1) is 0 Å². The molecule has 3 aromatic carbocycles. The Labute approximate surface area is 162 Å². The molecule has 130 valence electrons. The van der Waals surface area contributed by atoms with Crippen LogP contribution in [0.5, 0.6) is 5.75 Å². The Morgan fingerprint density at radius 3 is 2.41 bits per heavy atom. The number of hydrogen-bond donors (Lipinski definition) is 1. The van der Waals surface area contributed by atoms with Crippen LogP contribution in [-0.2, 0) is 6.42 Å². The largest absolute Gasteiger partial charge is 0.508 e. The van der Waals surface area contributed by atoms with E-state index < -0.39 is 0 Å². The van der Waals surface area contributed by atoms with Gasteiger partial charge in [0.05, 0.1) is 11.4 Å². The predicted molar refractivity (Wildman–Crippen MR) is 110 cm³/mol. The number of pyridine rings is 1. The van der Waals surface area contributed by atoms with Crippen LogP contribution in [-0.4, -0.2) is 10.1 Å². The normalized spacial score (nSPS) is 11.9. The third-order valence-electron chi connectivity index (χ3n) is 5.06. The van der Waals surface area contributed by atoms with Crippen LogP contribution in [0.25, 0.3) is 33.6 Å². The van der Waals surface area contributed by atoms with Crippen LogP contribution in [0, 0.1) is 0 Å². The zero-order valence-corrected chi connectivity index (χ0v) is 15.2. The molecule has 1 aromatic heterocycles. The summed E-state index contributed by atoms with van der Waals surface area (Å²) in [6.45, 7) is 0. The maximum atomic E-state index is 9.98. The molecule has 1 N–H and O–H groups in total. The first-order valence-electron chi connectivity index (χ1n) is 8.86. The van der Waals surface area contributed by atoms with Crippen molar-refractivity contribution in [1.82, 2.24) is 4.98 Å². The zero-order valence-electron chi connectivity index (χ0n) is 14.5. The maximum Gasteiger partial charge on any atom is 0.116 e. The summed E-state index contributed by atoms with van der Waals surface area (Å²) < 4.78 is 0. The van der Waals surface area contributed by atoms with E-state index in [2.05, 4.69) is 30.3 Å². The van der Waals surface area contributed by atoms with Crippen molar-refractivity contribution in [2.45, 2.75) is 6.42 Å². The third kappa shape index (κ3) is 2.79. The van der Waals surface area contributed by atoms with E-state index in [-0.39, 0.29) is 5.75 Å². The molecular formula is C24H16ClNO. The monoisotopic (exact) mass is 369 g/mol. The lowest BCUT2D eigenvalue weighted by Gasteiger charge is -2.12. The average molecular weight is 370 g/mol. The van der Waals surface area contributed by atoms with Crippen molar-refractivity contribution in [2.24, 2.45) is 0 Å². The Balaban J connectivity index is 1.78. The number of hydrogen-bond acceptors (Lipinski definition) is 2. The Morgan fingerprint density at radius 1 is 0.778 bits per heavy atom. The van der Waals surface area contributed by atoms with Gasteiger partial charge < -0.3 is 5.11 Å². The van der Waals surface area contributed by atoms with Crippen LogP contribution in [0.3, 0.4) is 0 Å². The van der Waals surface area contributed by atoms with Crippen molar-refractivity contribution >= 4 is 11.6 Å². The zero-order chi connectivity index (χ0) is 18.4. The molecule has 0 spiro atoms. The third-order valence-corrected chi connectivity index (χ3v) is 5.31. The molecular weight excluding hydrogens is 354 g/mol. The second-order valence-electron chi connectivity index (χ2n) is 6.77. The van der Waals surface area contributed by atoms with Gasteiger partial charge in [0.1, 0.15) is 5.75 Å². The minimum absolute atomic E-state index is 0.265. The van der Waals surface area contributed by atoms with E-state index in [1.165, 1.54) is 16.7 Å². The van der Waals surface area contributed by atoms with E-state index in [1.54, 1.807) is 6.07 Å². The Morgan fingerprint density at radius 2 is 1.59 bits per heavy atom. The molecule has 0 bridgehead atoms. The molecule has 4 aromatic rings. The number of phenols is 1. The van der Waals surface area contributed by atoms with Gasteiger partial charge in [-0.2, -0.15) is 0 Å². The molecule has 1 aliphatic carbocycles. The van der Waals surface area contributed by atoms with Gasteiger partial charge in [-0.3, -0.25) is 0 Å². The molecule has 0 atom stereocenters. The Kier molecular flexibility index (Phi) is 3.73. The molecule has 0 radical (unpaired) electrons. The summed E-state index contributed by atoms with van der Waals surface area (Å²) in [5, 5.41) is 10.7. The lowest BCUT2D eigenvalue weighted by atomic mass is 9.96. The van der Waals surface area contributed by atoms with Gasteiger partial charge in [0.15, 0.2) is 0 Å². The summed E-state index contributed by atoms with van der Waals surface area (Å²) in [5.74, 6) is 0.265. The first-order chi connectivity index (χ1) is 13.2. The number of nitrogens with zero attached hydrogens (tertiary/aromatic N) is 1. The van der Waals surface area contributed by atoms with Crippen molar-refractivity contribution in [3.8, 4) is 39.4 Å². The second kappa shape index (κ2) is 6.26. The first kappa shape index (κ1) is 16.1. The van der Waals surface area contributed by atoms with Crippen LogP contribution < -0.4 is 0 Å². The lowest BCUT2D eigenvalue weighted by molar-refractivity contribution is 0.475. The smallest absolute Gasteiger partial charge is 0.116 e. The molecule has 0 amide bonds. The first-order valence-corrected chi connectivity index (χ1v) is 9.24. The fraction of sp³-hybridized carbons (Fsp3) is 0.0417. The molecule has 0 aliphatic heterocycles. The summed E-state index contributed by atoms with van der Waals surface area (Å²) in [4.78, 5) is 5.00. The fourth-order valence-corrected chi connectivity index (χ4v) is 3.89. The molecule has 1 aliphatic rings. The van der Waals surface area contributed by atoms with E-state index in [1.807, 2.05) is 42.5 Å². The maximum absolute atomic E-state index is 9.98. The topological polar surface area (TPSA) is 33.1 Å². The quantitative estimate of drug-likeness (QED) is 0.393. The van der Waals surface area contributed by atoms with Crippen molar-refractivity contribution in [1.29, 1.82) is 0 Å². The molecule has 0 saturated carbocycles. The van der Waals surface area contributed by atoms with Crippen molar-refractivity contribution in [2.75, 3.05) is 0 Å². The molecule has 2 nitrogen and oxygen atoms in total. The van der Waals surface area contributed by atoms with Gasteiger partial charge >= 0.3 is 0 Å². The van der Waals surface area contributed by atoms with E-state index in [9.17, 15) is 5.11 Å². The molecule has 27 heavy (non-hydrogen) atoms. The molecule has 3 heteroatoms. The summed E-state index contributed by atoms with van der Waals surface area (Å²) in [5.41, 5.74) is 8.73. The predicted octanol–water partition coefficient (Wildman–Crippen LogP) is 6.35. The Hall–Kier alpha value is -3.10. The highest BCUT2D eigenvalue weighted by Crippen LogP contribution is 2.42. The van der Waals surface area contributed by atoms with Crippen LogP contribution in [0.2, 0.25) is 5.02 Å². The van der Waals surface area contributed by atoms with Gasteiger partial charge in [-0.05, 0) is 52.6 Å². The van der Waals surface area contributed by atoms with Gasteiger partial charge in [-0.1, -0.05) is 60.1 Å². The summed E-state index contributed by atoms with van der Waals surface area (Å²) >= 11 is 6.06.